The third kappa shape index (κ3) is 4.68. The van der Waals surface area contributed by atoms with Gasteiger partial charge in [-0.25, -0.2) is 14.4 Å². The lowest BCUT2D eigenvalue weighted by molar-refractivity contribution is -0.145. The molecule has 2 aromatic carbocycles. The molecule has 0 bridgehead atoms. The van der Waals surface area contributed by atoms with E-state index in [2.05, 4.69) is 0 Å². The van der Waals surface area contributed by atoms with E-state index in [0.717, 1.165) is 5.56 Å². The Kier molecular flexibility index (Phi) is 6.26. The SMILES string of the molecule is COC(=O)[C@@H]1C[C@H](OC(=O)c2ccccc2)CN1C(=O)OCc1ccccc1. The van der Waals surface area contributed by atoms with Gasteiger partial charge < -0.3 is 14.2 Å². The zero-order chi connectivity index (χ0) is 19.9. The Morgan fingerprint density at radius 2 is 1.64 bits per heavy atom. The molecule has 1 heterocycles. The monoisotopic (exact) mass is 383 g/mol. The minimum Gasteiger partial charge on any atom is -0.467 e. The summed E-state index contributed by atoms with van der Waals surface area (Å²) < 4.78 is 15.6. The molecule has 1 saturated heterocycles. The van der Waals surface area contributed by atoms with Gasteiger partial charge in [-0.1, -0.05) is 48.5 Å². The van der Waals surface area contributed by atoms with Crippen LogP contribution in [0.15, 0.2) is 60.7 Å². The number of rotatable bonds is 5. The molecule has 0 radical (unpaired) electrons. The fourth-order valence-corrected chi connectivity index (χ4v) is 3.04. The standard InChI is InChI=1S/C21H21NO6/c1-26-20(24)18-12-17(28-19(23)16-10-6-3-7-11-16)13-22(18)21(25)27-14-15-8-4-2-5-9-15/h2-11,17-18H,12-14H2,1H3/t17-,18-/m0/s1. The number of likely N-dealkylation sites (tertiary alicyclic amines) is 1. The second-order valence-electron chi connectivity index (χ2n) is 6.36. The van der Waals surface area contributed by atoms with Crippen molar-refractivity contribution in [2.45, 2.75) is 25.2 Å². The van der Waals surface area contributed by atoms with Gasteiger partial charge in [-0.05, 0) is 17.7 Å². The Hall–Kier alpha value is -3.35. The zero-order valence-corrected chi connectivity index (χ0v) is 15.4. The predicted molar refractivity (Wildman–Crippen MR) is 99.4 cm³/mol. The van der Waals surface area contributed by atoms with E-state index >= 15 is 0 Å². The summed E-state index contributed by atoms with van der Waals surface area (Å²) in [4.78, 5) is 38.1. The van der Waals surface area contributed by atoms with Gasteiger partial charge in [0.2, 0.25) is 0 Å². The van der Waals surface area contributed by atoms with Crippen molar-refractivity contribution in [1.29, 1.82) is 0 Å². The summed E-state index contributed by atoms with van der Waals surface area (Å²) in [5.74, 6) is -1.08. The molecule has 2 atom stereocenters. The molecule has 3 rings (SSSR count). The number of carbonyl (C=O) groups excluding carboxylic acids is 3. The maximum Gasteiger partial charge on any atom is 0.410 e. The number of benzene rings is 2. The summed E-state index contributed by atoms with van der Waals surface area (Å²) in [6.45, 7) is 0.143. The maximum absolute atomic E-state index is 12.5. The molecule has 1 amide bonds. The number of hydrogen-bond acceptors (Lipinski definition) is 6. The van der Waals surface area contributed by atoms with Gasteiger partial charge in [-0.3, -0.25) is 4.90 Å². The summed E-state index contributed by atoms with van der Waals surface area (Å²) >= 11 is 0. The van der Waals surface area contributed by atoms with E-state index in [0.29, 0.717) is 5.56 Å². The van der Waals surface area contributed by atoms with Crippen LogP contribution in [0.3, 0.4) is 0 Å². The van der Waals surface area contributed by atoms with Gasteiger partial charge in [0.1, 0.15) is 18.8 Å². The largest absolute Gasteiger partial charge is 0.467 e. The highest BCUT2D eigenvalue weighted by Gasteiger charge is 2.43. The fraction of sp³-hybridized carbons (Fsp3) is 0.286. The number of methoxy groups -OCH3 is 1. The van der Waals surface area contributed by atoms with E-state index in [1.165, 1.54) is 12.0 Å². The van der Waals surface area contributed by atoms with Crippen LogP contribution >= 0.6 is 0 Å². The summed E-state index contributed by atoms with van der Waals surface area (Å²) in [6.07, 6.45) is -1.12. The summed E-state index contributed by atoms with van der Waals surface area (Å²) in [6, 6.07) is 16.9. The Morgan fingerprint density at radius 1 is 1.00 bits per heavy atom. The van der Waals surface area contributed by atoms with Gasteiger partial charge >= 0.3 is 18.0 Å². The lowest BCUT2D eigenvalue weighted by Crippen LogP contribution is -2.41. The normalized spacial score (nSPS) is 18.4. The highest BCUT2D eigenvalue weighted by Crippen LogP contribution is 2.24. The van der Waals surface area contributed by atoms with Crippen molar-refractivity contribution < 1.29 is 28.6 Å². The van der Waals surface area contributed by atoms with E-state index in [1.807, 2.05) is 30.3 Å². The van der Waals surface area contributed by atoms with Gasteiger partial charge in [0.15, 0.2) is 0 Å². The van der Waals surface area contributed by atoms with Crippen molar-refractivity contribution in [3.63, 3.8) is 0 Å². The first-order chi connectivity index (χ1) is 13.6. The topological polar surface area (TPSA) is 82.1 Å². The van der Waals surface area contributed by atoms with E-state index in [9.17, 15) is 14.4 Å². The van der Waals surface area contributed by atoms with E-state index in [1.54, 1.807) is 30.3 Å². The minimum atomic E-state index is -0.859. The van der Waals surface area contributed by atoms with E-state index in [-0.39, 0.29) is 19.6 Å². The average Bonchev–Trinajstić information content (AvgIpc) is 3.16. The van der Waals surface area contributed by atoms with Crippen LogP contribution in [0.5, 0.6) is 0 Å². The molecule has 0 unspecified atom stereocenters. The molecule has 1 aliphatic rings. The quantitative estimate of drug-likeness (QED) is 0.583. The van der Waals surface area contributed by atoms with Crippen molar-refractivity contribution in [1.82, 2.24) is 4.90 Å². The molecule has 0 N–H and O–H groups in total. The van der Waals surface area contributed by atoms with Crippen molar-refractivity contribution in [2.75, 3.05) is 13.7 Å². The zero-order valence-electron chi connectivity index (χ0n) is 15.4. The third-order valence-electron chi connectivity index (χ3n) is 4.46. The second-order valence-corrected chi connectivity index (χ2v) is 6.36. The van der Waals surface area contributed by atoms with Gasteiger partial charge in [-0.15, -0.1) is 0 Å². The van der Waals surface area contributed by atoms with Crippen molar-refractivity contribution in [2.24, 2.45) is 0 Å². The van der Waals surface area contributed by atoms with Crippen LogP contribution in [-0.2, 0) is 25.6 Å². The molecule has 0 aliphatic carbocycles. The first-order valence-electron chi connectivity index (χ1n) is 8.89. The lowest BCUT2D eigenvalue weighted by Gasteiger charge is -2.21. The molecule has 0 saturated carbocycles. The molecular formula is C21H21NO6. The van der Waals surface area contributed by atoms with Crippen LogP contribution in [0, 0.1) is 0 Å². The molecular weight excluding hydrogens is 362 g/mol. The van der Waals surface area contributed by atoms with E-state index in [4.69, 9.17) is 14.2 Å². The van der Waals surface area contributed by atoms with Crippen LogP contribution in [0.4, 0.5) is 4.79 Å². The fourth-order valence-electron chi connectivity index (χ4n) is 3.04. The Bertz CT molecular complexity index is 823. The van der Waals surface area contributed by atoms with Crippen LogP contribution in [-0.4, -0.2) is 48.7 Å². The average molecular weight is 383 g/mol. The van der Waals surface area contributed by atoms with Crippen LogP contribution < -0.4 is 0 Å². The number of ether oxygens (including phenoxy) is 3. The molecule has 2 aromatic rings. The summed E-state index contributed by atoms with van der Waals surface area (Å²) in [5.41, 5.74) is 1.24. The predicted octanol–water partition coefficient (Wildman–Crippen LogP) is 2.80. The first-order valence-corrected chi connectivity index (χ1v) is 8.89. The minimum absolute atomic E-state index is 0.0615. The van der Waals surface area contributed by atoms with Crippen LogP contribution in [0.2, 0.25) is 0 Å². The molecule has 1 fully saturated rings. The Balaban J connectivity index is 1.64. The van der Waals surface area contributed by atoms with Gasteiger partial charge in [-0.2, -0.15) is 0 Å². The second kappa shape index (κ2) is 9.03. The molecule has 146 valence electrons. The number of hydrogen-bond donors (Lipinski definition) is 0. The van der Waals surface area contributed by atoms with Crippen LogP contribution in [0.1, 0.15) is 22.3 Å². The number of amides is 1. The van der Waals surface area contributed by atoms with Crippen LogP contribution in [0.25, 0.3) is 0 Å². The molecule has 7 heteroatoms. The van der Waals surface area contributed by atoms with E-state index < -0.39 is 30.2 Å². The number of esters is 2. The number of nitrogens with zero attached hydrogens (tertiary/aromatic N) is 1. The van der Waals surface area contributed by atoms with Crippen molar-refractivity contribution >= 4 is 18.0 Å². The Morgan fingerprint density at radius 3 is 2.29 bits per heavy atom. The highest BCUT2D eigenvalue weighted by molar-refractivity contribution is 5.89. The highest BCUT2D eigenvalue weighted by atomic mass is 16.6. The smallest absolute Gasteiger partial charge is 0.410 e. The molecule has 0 aromatic heterocycles. The maximum atomic E-state index is 12.5. The van der Waals surface area contributed by atoms with Gasteiger partial charge in [0.25, 0.3) is 0 Å². The van der Waals surface area contributed by atoms with Gasteiger partial charge in [0.05, 0.1) is 19.2 Å². The molecule has 28 heavy (non-hydrogen) atoms. The molecule has 1 aliphatic heterocycles. The number of carbonyl (C=O) groups is 3. The summed E-state index contributed by atoms with van der Waals surface area (Å²) in [7, 11) is 1.25. The van der Waals surface area contributed by atoms with Gasteiger partial charge in [0, 0.05) is 6.42 Å². The third-order valence-corrected chi connectivity index (χ3v) is 4.46. The molecule has 0 spiro atoms. The lowest BCUT2D eigenvalue weighted by atomic mass is 10.2. The van der Waals surface area contributed by atoms with Crippen molar-refractivity contribution in [3.8, 4) is 0 Å². The summed E-state index contributed by atoms with van der Waals surface area (Å²) in [5, 5.41) is 0. The Labute approximate surface area is 162 Å². The molecule has 7 nitrogen and oxygen atoms in total. The first kappa shape index (κ1) is 19.4. The van der Waals surface area contributed by atoms with Crippen molar-refractivity contribution in [3.05, 3.63) is 71.8 Å².